The Morgan fingerprint density at radius 2 is 1.74 bits per heavy atom. The van der Waals surface area contributed by atoms with Crippen LogP contribution in [0.2, 0.25) is 0 Å². The predicted molar refractivity (Wildman–Crippen MR) is 78.1 cm³/mol. The average molecular weight is 314 g/mol. The highest BCUT2D eigenvalue weighted by Crippen LogP contribution is 2.44. The van der Waals surface area contributed by atoms with E-state index in [-0.39, 0.29) is 5.56 Å². The first kappa shape index (κ1) is 15.9. The third kappa shape index (κ3) is 3.24. The number of fused-ring (bicyclic) bond motifs is 1. The van der Waals surface area contributed by atoms with Crippen molar-refractivity contribution in [1.82, 2.24) is 0 Å². The molecule has 2 atom stereocenters. The lowest BCUT2D eigenvalue weighted by Crippen LogP contribution is -2.09. The molecule has 1 aliphatic rings. The Hall–Kier alpha value is -3.48. The fourth-order valence-corrected chi connectivity index (χ4v) is 2.40. The van der Waals surface area contributed by atoms with Crippen molar-refractivity contribution in [3.63, 3.8) is 0 Å². The number of carbonyl (C=O) groups is 2. The second-order valence-electron chi connectivity index (χ2n) is 4.72. The van der Waals surface area contributed by atoms with Crippen molar-refractivity contribution in [3.05, 3.63) is 61.9 Å². The van der Waals surface area contributed by atoms with Crippen molar-refractivity contribution >= 4 is 17.5 Å². The largest absolute Gasteiger partial charge is 0.507 e. The van der Waals surface area contributed by atoms with Crippen LogP contribution in [0, 0.1) is 0 Å². The Morgan fingerprint density at radius 1 is 1.13 bits per heavy atom. The summed E-state index contributed by atoms with van der Waals surface area (Å²) in [6.07, 6.45) is 0.887. The summed E-state index contributed by atoms with van der Waals surface area (Å²) in [5.74, 6) is -3.47. The molecule has 0 saturated carbocycles. The molecule has 2 rings (SSSR count). The number of hydrogen-bond acceptors (Lipinski definition) is 5. The van der Waals surface area contributed by atoms with E-state index in [1.54, 1.807) is 6.07 Å². The smallest absolute Gasteiger partial charge is 0.376 e. The lowest BCUT2D eigenvalue weighted by molar-refractivity contribution is -0.146. The molecule has 1 aromatic carbocycles. The number of hydrogen-bond donors (Lipinski definition) is 2. The van der Waals surface area contributed by atoms with Crippen molar-refractivity contribution in [2.24, 2.45) is 10.2 Å². The van der Waals surface area contributed by atoms with Crippen LogP contribution in [0.15, 0.2) is 34.5 Å². The minimum absolute atomic E-state index is 0.193. The summed E-state index contributed by atoms with van der Waals surface area (Å²) in [5, 5.41) is 25.6. The number of carbonyl (C=O) groups excluding carboxylic acids is 1. The zero-order chi connectivity index (χ0) is 17.0. The molecule has 0 aliphatic heterocycles. The van der Waals surface area contributed by atoms with Gasteiger partial charge in [0.05, 0.1) is 12.1 Å². The molecule has 10 nitrogen and oxygen atoms in total. The first-order valence-corrected chi connectivity index (χ1v) is 6.38. The van der Waals surface area contributed by atoms with E-state index in [0.29, 0.717) is 23.6 Å². The summed E-state index contributed by atoms with van der Waals surface area (Å²) in [6, 6.07) is 3.44. The van der Waals surface area contributed by atoms with E-state index in [4.69, 9.17) is 16.2 Å². The van der Waals surface area contributed by atoms with E-state index >= 15 is 0 Å². The Morgan fingerprint density at radius 3 is 2.30 bits per heavy atom. The number of aliphatic carboxylic acids is 1. The van der Waals surface area contributed by atoms with E-state index in [9.17, 15) is 14.7 Å². The maximum atomic E-state index is 11.1. The van der Waals surface area contributed by atoms with Crippen LogP contribution >= 0.6 is 0 Å². The minimum atomic E-state index is -1.69. The third-order valence-corrected chi connectivity index (χ3v) is 3.41. The molecule has 10 heteroatoms. The van der Waals surface area contributed by atoms with Gasteiger partial charge in [-0.1, -0.05) is 22.4 Å². The van der Waals surface area contributed by atoms with Crippen molar-refractivity contribution in [2.75, 3.05) is 0 Å². The summed E-state index contributed by atoms with van der Waals surface area (Å²) >= 11 is 0. The molecule has 0 radical (unpaired) electrons. The maximum Gasteiger partial charge on any atom is 0.376 e. The van der Waals surface area contributed by atoms with Gasteiger partial charge >= 0.3 is 5.97 Å². The van der Waals surface area contributed by atoms with Crippen molar-refractivity contribution in [1.29, 1.82) is 0 Å². The molecule has 0 bridgehead atoms. The zero-order valence-corrected chi connectivity index (χ0v) is 11.6. The number of aliphatic hydroxyl groups excluding tert-OH is 1. The number of benzene rings is 1. The molecule has 2 unspecified atom stereocenters. The SMILES string of the molecule is [N-]=[N+]=NC1CC(N=[N+]=[N-])c2cc(/C(O)=C\C(=O)C(=O)O)ccc21. The summed E-state index contributed by atoms with van der Waals surface area (Å²) in [4.78, 5) is 27.1. The van der Waals surface area contributed by atoms with Gasteiger partial charge in [-0.25, -0.2) is 4.79 Å². The fourth-order valence-electron chi connectivity index (χ4n) is 2.40. The number of ketones is 1. The van der Waals surface area contributed by atoms with E-state index in [1.165, 1.54) is 12.1 Å². The molecular formula is C13H10N6O4. The van der Waals surface area contributed by atoms with Crippen molar-refractivity contribution in [3.8, 4) is 0 Å². The number of carboxylic acid groups (broad SMARTS) is 1. The topological polar surface area (TPSA) is 172 Å². The molecule has 0 heterocycles. The number of carboxylic acids is 1. The van der Waals surface area contributed by atoms with E-state index < -0.39 is 29.6 Å². The zero-order valence-electron chi connectivity index (χ0n) is 11.6. The van der Waals surface area contributed by atoms with Gasteiger partial charge in [0, 0.05) is 21.5 Å². The Bertz CT molecular complexity index is 805. The van der Waals surface area contributed by atoms with Gasteiger partial charge in [0.25, 0.3) is 5.78 Å². The summed E-state index contributed by atoms with van der Waals surface area (Å²) in [5.41, 5.74) is 18.6. The lowest BCUT2D eigenvalue weighted by Gasteiger charge is -2.07. The monoisotopic (exact) mass is 314 g/mol. The van der Waals surface area contributed by atoms with Crippen LogP contribution in [0.4, 0.5) is 0 Å². The van der Waals surface area contributed by atoms with Crippen LogP contribution in [0.3, 0.4) is 0 Å². The highest BCUT2D eigenvalue weighted by Gasteiger charge is 2.30. The van der Waals surface area contributed by atoms with Crippen LogP contribution < -0.4 is 0 Å². The minimum Gasteiger partial charge on any atom is -0.507 e. The van der Waals surface area contributed by atoms with Gasteiger partial charge in [0.15, 0.2) is 0 Å². The van der Waals surface area contributed by atoms with E-state index in [0.717, 1.165) is 0 Å². The third-order valence-electron chi connectivity index (χ3n) is 3.41. The van der Waals surface area contributed by atoms with Gasteiger partial charge in [0.2, 0.25) is 0 Å². The second kappa shape index (κ2) is 6.52. The van der Waals surface area contributed by atoms with Crippen LogP contribution in [-0.4, -0.2) is 22.0 Å². The fraction of sp³-hybridized carbons (Fsp3) is 0.231. The Labute approximate surface area is 128 Å². The maximum absolute atomic E-state index is 11.1. The molecule has 116 valence electrons. The number of nitrogens with zero attached hydrogens (tertiary/aromatic N) is 6. The molecule has 1 aliphatic carbocycles. The van der Waals surface area contributed by atoms with Gasteiger partial charge in [-0.15, -0.1) is 0 Å². The standard InChI is InChI=1S/C13H10N6O4/c14-18-16-9-4-10(17-19-15)8-3-6(1-2-7(8)9)11(20)5-12(21)13(22)23/h1-3,5,9-10,20H,4H2,(H,22,23)/b11-5+. The van der Waals surface area contributed by atoms with Gasteiger partial charge in [0.1, 0.15) is 5.76 Å². The first-order valence-electron chi connectivity index (χ1n) is 6.38. The second-order valence-corrected chi connectivity index (χ2v) is 4.72. The Balaban J connectivity index is 2.47. The predicted octanol–water partition coefficient (Wildman–Crippen LogP) is 3.35. The van der Waals surface area contributed by atoms with Gasteiger partial charge in [-0.05, 0) is 34.7 Å². The molecule has 0 spiro atoms. The van der Waals surface area contributed by atoms with Crippen LogP contribution in [0.25, 0.3) is 26.6 Å². The highest BCUT2D eigenvalue weighted by molar-refractivity contribution is 6.38. The van der Waals surface area contributed by atoms with Crippen molar-refractivity contribution < 1.29 is 19.8 Å². The molecule has 1 aromatic rings. The number of azide groups is 2. The molecule has 0 aromatic heterocycles. The van der Waals surface area contributed by atoms with E-state index in [2.05, 4.69) is 20.1 Å². The first-order chi connectivity index (χ1) is 11.0. The normalized spacial score (nSPS) is 19.2. The van der Waals surface area contributed by atoms with Gasteiger partial charge < -0.3 is 10.2 Å². The molecule has 0 saturated heterocycles. The quantitative estimate of drug-likeness (QED) is 0.212. The number of aliphatic hydroxyl groups is 1. The highest BCUT2D eigenvalue weighted by atomic mass is 16.4. The van der Waals surface area contributed by atoms with Crippen LogP contribution in [0.5, 0.6) is 0 Å². The van der Waals surface area contributed by atoms with Gasteiger partial charge in [-0.2, -0.15) is 0 Å². The average Bonchev–Trinajstić information content (AvgIpc) is 2.85. The van der Waals surface area contributed by atoms with Crippen LogP contribution in [0.1, 0.15) is 35.2 Å². The van der Waals surface area contributed by atoms with E-state index in [1.807, 2.05) is 0 Å². The van der Waals surface area contributed by atoms with Crippen LogP contribution in [-0.2, 0) is 9.59 Å². The lowest BCUT2D eigenvalue weighted by atomic mass is 10.0. The summed E-state index contributed by atoms with van der Waals surface area (Å²) in [7, 11) is 0. The Kier molecular flexibility index (Phi) is 4.51. The molecular weight excluding hydrogens is 304 g/mol. The number of rotatable bonds is 5. The summed E-state index contributed by atoms with van der Waals surface area (Å²) in [6.45, 7) is 0. The molecule has 2 N–H and O–H groups in total. The molecule has 0 fully saturated rings. The van der Waals surface area contributed by atoms with Crippen molar-refractivity contribution in [2.45, 2.75) is 18.5 Å². The molecule has 0 amide bonds. The molecule has 23 heavy (non-hydrogen) atoms. The van der Waals surface area contributed by atoms with Gasteiger partial charge in [-0.3, -0.25) is 4.79 Å². The summed E-state index contributed by atoms with van der Waals surface area (Å²) < 4.78 is 0.